The molecule has 24 heavy (non-hydrogen) atoms. The van der Waals surface area contributed by atoms with Crippen molar-refractivity contribution in [3.05, 3.63) is 52.2 Å². The zero-order valence-electron chi connectivity index (χ0n) is 13.2. The third-order valence-electron chi connectivity index (χ3n) is 4.45. The van der Waals surface area contributed by atoms with Crippen LogP contribution in [-0.4, -0.2) is 15.9 Å². The second kappa shape index (κ2) is 6.20. The van der Waals surface area contributed by atoms with E-state index < -0.39 is 5.91 Å². The van der Waals surface area contributed by atoms with Gasteiger partial charge in [0, 0.05) is 17.0 Å². The van der Waals surface area contributed by atoms with Crippen LogP contribution in [0, 0.1) is 0 Å². The standard InChI is InChI=1S/C18H18N4OS/c19-16(23)12-7-5-11(6-8-12)9-20-17-15-13-3-1-2-4-14(13)24-18(15)22-10-21-17/h5-8,10H,1-4,9H2,(H2,19,23)(H,20,21,22). The van der Waals surface area contributed by atoms with Gasteiger partial charge in [-0.15, -0.1) is 11.3 Å². The summed E-state index contributed by atoms with van der Waals surface area (Å²) in [6.45, 7) is 0.649. The molecule has 1 aliphatic carbocycles. The molecule has 1 amide bonds. The Hall–Kier alpha value is -2.47. The molecule has 3 aromatic rings. The number of hydrogen-bond donors (Lipinski definition) is 2. The number of carbonyl (C=O) groups is 1. The highest BCUT2D eigenvalue weighted by atomic mass is 32.1. The molecule has 2 aromatic heterocycles. The molecule has 4 rings (SSSR count). The van der Waals surface area contributed by atoms with Gasteiger partial charge >= 0.3 is 0 Å². The predicted molar refractivity (Wildman–Crippen MR) is 96.3 cm³/mol. The summed E-state index contributed by atoms with van der Waals surface area (Å²) in [5.74, 6) is 0.496. The Morgan fingerprint density at radius 2 is 1.96 bits per heavy atom. The van der Waals surface area contributed by atoms with Gasteiger partial charge in [0.25, 0.3) is 0 Å². The summed E-state index contributed by atoms with van der Waals surface area (Å²) in [4.78, 5) is 22.6. The molecule has 0 bridgehead atoms. The van der Waals surface area contributed by atoms with Crippen LogP contribution in [0.4, 0.5) is 5.82 Å². The number of nitrogens with zero attached hydrogens (tertiary/aromatic N) is 2. The van der Waals surface area contributed by atoms with E-state index in [1.54, 1.807) is 29.8 Å². The van der Waals surface area contributed by atoms with Gasteiger partial charge in [-0.2, -0.15) is 0 Å². The summed E-state index contributed by atoms with van der Waals surface area (Å²) >= 11 is 1.80. The van der Waals surface area contributed by atoms with Crippen molar-refractivity contribution in [2.75, 3.05) is 5.32 Å². The van der Waals surface area contributed by atoms with E-state index in [1.807, 2.05) is 12.1 Å². The van der Waals surface area contributed by atoms with Crippen molar-refractivity contribution in [3.8, 4) is 0 Å². The Kier molecular flexibility index (Phi) is 3.90. The Labute approximate surface area is 143 Å². The number of carbonyl (C=O) groups excluding carboxylic acids is 1. The molecule has 0 fully saturated rings. The number of hydrogen-bond acceptors (Lipinski definition) is 5. The number of aryl methyl sites for hydroxylation is 2. The van der Waals surface area contributed by atoms with Gasteiger partial charge in [0.15, 0.2) is 0 Å². The number of benzene rings is 1. The van der Waals surface area contributed by atoms with Crippen LogP contribution in [0.1, 0.15) is 39.2 Å². The van der Waals surface area contributed by atoms with Crippen molar-refractivity contribution in [1.29, 1.82) is 0 Å². The number of nitrogens with one attached hydrogen (secondary N) is 1. The maximum Gasteiger partial charge on any atom is 0.248 e. The van der Waals surface area contributed by atoms with E-state index in [0.717, 1.165) is 29.1 Å². The summed E-state index contributed by atoms with van der Waals surface area (Å²) in [5, 5.41) is 4.61. The van der Waals surface area contributed by atoms with Gasteiger partial charge in [-0.05, 0) is 48.9 Å². The molecule has 6 heteroatoms. The molecule has 0 spiro atoms. The van der Waals surface area contributed by atoms with Crippen LogP contribution in [0.5, 0.6) is 0 Å². The van der Waals surface area contributed by atoms with E-state index >= 15 is 0 Å². The molecule has 5 nitrogen and oxygen atoms in total. The third-order valence-corrected chi connectivity index (χ3v) is 5.65. The summed E-state index contributed by atoms with van der Waals surface area (Å²) in [6, 6.07) is 7.33. The second-order valence-corrected chi connectivity index (χ2v) is 7.11. The number of rotatable bonds is 4. The number of anilines is 1. The maximum absolute atomic E-state index is 11.1. The van der Waals surface area contributed by atoms with Crippen LogP contribution in [0.15, 0.2) is 30.6 Å². The fourth-order valence-corrected chi connectivity index (χ4v) is 4.43. The first kappa shape index (κ1) is 15.1. The van der Waals surface area contributed by atoms with Crippen LogP contribution in [-0.2, 0) is 19.4 Å². The minimum atomic E-state index is -0.406. The number of nitrogens with two attached hydrogens (primary N) is 1. The van der Waals surface area contributed by atoms with Crippen LogP contribution in [0.3, 0.4) is 0 Å². The molecule has 0 saturated heterocycles. The van der Waals surface area contributed by atoms with Crippen molar-refractivity contribution in [3.63, 3.8) is 0 Å². The Balaban J connectivity index is 1.60. The van der Waals surface area contributed by atoms with Gasteiger partial charge in [-0.3, -0.25) is 4.79 Å². The van der Waals surface area contributed by atoms with Gasteiger partial charge in [-0.25, -0.2) is 9.97 Å². The monoisotopic (exact) mass is 338 g/mol. The highest BCUT2D eigenvalue weighted by Gasteiger charge is 2.19. The van der Waals surface area contributed by atoms with Crippen molar-refractivity contribution >= 4 is 33.3 Å². The topological polar surface area (TPSA) is 80.9 Å². The second-order valence-electron chi connectivity index (χ2n) is 6.03. The molecular formula is C18H18N4OS. The first-order chi connectivity index (χ1) is 11.7. The van der Waals surface area contributed by atoms with Gasteiger partial charge in [-0.1, -0.05) is 12.1 Å². The molecule has 0 aliphatic heterocycles. The van der Waals surface area contributed by atoms with Crippen molar-refractivity contribution in [2.45, 2.75) is 32.2 Å². The summed E-state index contributed by atoms with van der Waals surface area (Å²) in [6.07, 6.45) is 6.40. The highest BCUT2D eigenvalue weighted by Crippen LogP contribution is 2.38. The highest BCUT2D eigenvalue weighted by molar-refractivity contribution is 7.19. The van der Waals surface area contributed by atoms with E-state index in [0.29, 0.717) is 12.1 Å². The third kappa shape index (κ3) is 2.73. The smallest absolute Gasteiger partial charge is 0.248 e. The minimum absolute atomic E-state index is 0.406. The van der Waals surface area contributed by atoms with E-state index in [9.17, 15) is 4.79 Å². The number of aromatic nitrogens is 2. The summed E-state index contributed by atoms with van der Waals surface area (Å²) in [5.41, 5.74) is 8.30. The van der Waals surface area contributed by atoms with E-state index in [-0.39, 0.29) is 0 Å². The zero-order chi connectivity index (χ0) is 16.5. The summed E-state index contributed by atoms with van der Waals surface area (Å²) < 4.78 is 0. The average Bonchev–Trinajstić information content (AvgIpc) is 2.99. The van der Waals surface area contributed by atoms with Gasteiger partial charge in [0.2, 0.25) is 5.91 Å². The lowest BCUT2D eigenvalue weighted by molar-refractivity contribution is 0.100. The fourth-order valence-electron chi connectivity index (χ4n) is 3.20. The molecule has 0 unspecified atom stereocenters. The molecule has 122 valence electrons. The maximum atomic E-state index is 11.1. The first-order valence-electron chi connectivity index (χ1n) is 8.10. The number of thiophene rings is 1. The predicted octanol–water partition coefficient (Wildman–Crippen LogP) is 3.28. The fraction of sp³-hybridized carbons (Fsp3) is 0.278. The molecule has 1 aromatic carbocycles. The van der Waals surface area contributed by atoms with E-state index in [2.05, 4.69) is 15.3 Å². The van der Waals surface area contributed by atoms with Crippen LogP contribution < -0.4 is 11.1 Å². The number of primary amides is 1. The Morgan fingerprint density at radius 3 is 2.75 bits per heavy atom. The lowest BCUT2D eigenvalue weighted by Gasteiger charge is -2.12. The zero-order valence-corrected chi connectivity index (χ0v) is 14.0. The molecule has 1 aliphatic rings. The van der Waals surface area contributed by atoms with Gasteiger partial charge < -0.3 is 11.1 Å². The van der Waals surface area contributed by atoms with Crippen LogP contribution >= 0.6 is 11.3 Å². The molecule has 0 atom stereocenters. The molecule has 0 saturated carbocycles. The number of fused-ring (bicyclic) bond motifs is 3. The van der Waals surface area contributed by atoms with Crippen LogP contribution in [0.25, 0.3) is 10.2 Å². The van der Waals surface area contributed by atoms with Crippen LogP contribution in [0.2, 0.25) is 0 Å². The first-order valence-corrected chi connectivity index (χ1v) is 8.92. The molecule has 0 radical (unpaired) electrons. The summed E-state index contributed by atoms with van der Waals surface area (Å²) in [7, 11) is 0. The van der Waals surface area contributed by atoms with E-state index in [4.69, 9.17) is 5.73 Å². The largest absolute Gasteiger partial charge is 0.366 e. The van der Waals surface area contributed by atoms with Gasteiger partial charge in [0.05, 0.1) is 5.39 Å². The quantitative estimate of drug-likeness (QED) is 0.765. The van der Waals surface area contributed by atoms with E-state index in [1.165, 1.54) is 28.7 Å². The lowest BCUT2D eigenvalue weighted by Crippen LogP contribution is -2.11. The Morgan fingerprint density at radius 1 is 1.17 bits per heavy atom. The Bertz CT molecular complexity index is 901. The normalized spacial score (nSPS) is 13.7. The molecule has 3 N–H and O–H groups in total. The van der Waals surface area contributed by atoms with Crippen molar-refractivity contribution in [1.82, 2.24) is 9.97 Å². The molecule has 2 heterocycles. The van der Waals surface area contributed by atoms with Gasteiger partial charge in [0.1, 0.15) is 17.0 Å². The number of amides is 1. The average molecular weight is 338 g/mol. The molecular weight excluding hydrogens is 320 g/mol. The SMILES string of the molecule is NC(=O)c1ccc(CNc2ncnc3sc4c(c23)CCCC4)cc1. The van der Waals surface area contributed by atoms with Crippen molar-refractivity contribution in [2.24, 2.45) is 5.73 Å². The minimum Gasteiger partial charge on any atom is -0.366 e. The lowest BCUT2D eigenvalue weighted by atomic mass is 9.97. The van der Waals surface area contributed by atoms with Crippen molar-refractivity contribution < 1.29 is 4.79 Å².